The first-order valence-electron chi connectivity index (χ1n) is 6.00. The lowest BCUT2D eigenvalue weighted by Crippen LogP contribution is -1.97. The summed E-state index contributed by atoms with van der Waals surface area (Å²) in [6.07, 6.45) is 5.06. The summed E-state index contributed by atoms with van der Waals surface area (Å²) in [4.78, 5) is 4.67. The number of nitrogens with two attached hydrogens (primary N) is 1. The SMILES string of the molecule is Cn1nc(C2CCCC2)nc1-c1ccsc1N. The van der Waals surface area contributed by atoms with Crippen LogP contribution < -0.4 is 5.73 Å². The summed E-state index contributed by atoms with van der Waals surface area (Å²) in [5, 5.41) is 7.36. The zero-order valence-corrected chi connectivity index (χ0v) is 10.7. The van der Waals surface area contributed by atoms with Gasteiger partial charge < -0.3 is 5.73 Å². The quantitative estimate of drug-likeness (QED) is 0.889. The van der Waals surface area contributed by atoms with Crippen LogP contribution in [0.4, 0.5) is 5.00 Å². The molecule has 1 saturated carbocycles. The molecule has 2 N–H and O–H groups in total. The van der Waals surface area contributed by atoms with Gasteiger partial charge >= 0.3 is 0 Å². The Balaban J connectivity index is 1.98. The van der Waals surface area contributed by atoms with Gasteiger partial charge in [0, 0.05) is 13.0 Å². The molecule has 1 fully saturated rings. The van der Waals surface area contributed by atoms with Gasteiger partial charge in [0.25, 0.3) is 0 Å². The minimum absolute atomic E-state index is 0.551. The fourth-order valence-corrected chi connectivity index (χ4v) is 3.14. The van der Waals surface area contributed by atoms with Crippen molar-refractivity contribution in [2.45, 2.75) is 31.6 Å². The van der Waals surface area contributed by atoms with Crippen molar-refractivity contribution in [2.24, 2.45) is 7.05 Å². The molecule has 0 atom stereocenters. The Labute approximate surface area is 104 Å². The molecule has 2 aromatic rings. The second-order valence-electron chi connectivity index (χ2n) is 4.60. The normalized spacial score (nSPS) is 16.8. The van der Waals surface area contributed by atoms with Gasteiger partial charge in [-0.3, -0.25) is 0 Å². The standard InChI is InChI=1S/C12H16N4S/c1-16-12(9-6-7-17-10(9)13)14-11(15-16)8-4-2-3-5-8/h6-8H,2-5,13H2,1H3. The largest absolute Gasteiger partial charge is 0.390 e. The number of nitrogens with zero attached hydrogens (tertiary/aromatic N) is 3. The first-order chi connectivity index (χ1) is 8.25. The first kappa shape index (κ1) is 10.8. The molecule has 4 nitrogen and oxygen atoms in total. The fourth-order valence-electron chi connectivity index (χ4n) is 2.50. The van der Waals surface area contributed by atoms with Crippen LogP contribution in [-0.2, 0) is 7.05 Å². The molecule has 17 heavy (non-hydrogen) atoms. The number of rotatable bonds is 2. The summed E-state index contributed by atoms with van der Waals surface area (Å²) >= 11 is 1.55. The molecule has 0 aromatic carbocycles. The number of hydrogen-bond acceptors (Lipinski definition) is 4. The molecule has 0 bridgehead atoms. The molecule has 2 heterocycles. The number of nitrogen functional groups attached to an aromatic ring is 1. The molecule has 90 valence electrons. The molecular weight excluding hydrogens is 232 g/mol. The number of aryl methyl sites for hydroxylation is 1. The average molecular weight is 248 g/mol. The molecule has 1 aliphatic carbocycles. The van der Waals surface area contributed by atoms with E-state index < -0.39 is 0 Å². The number of aromatic nitrogens is 3. The van der Waals surface area contributed by atoms with Crippen LogP contribution in [-0.4, -0.2) is 14.8 Å². The molecule has 0 radical (unpaired) electrons. The van der Waals surface area contributed by atoms with Crippen LogP contribution in [0.5, 0.6) is 0 Å². The van der Waals surface area contributed by atoms with E-state index in [-0.39, 0.29) is 0 Å². The molecule has 3 rings (SSSR count). The van der Waals surface area contributed by atoms with Gasteiger partial charge in [0.15, 0.2) is 11.6 Å². The third-order valence-electron chi connectivity index (χ3n) is 3.44. The van der Waals surface area contributed by atoms with Gasteiger partial charge in [-0.2, -0.15) is 5.10 Å². The third kappa shape index (κ3) is 1.84. The minimum atomic E-state index is 0.551. The van der Waals surface area contributed by atoms with E-state index in [4.69, 9.17) is 5.73 Å². The summed E-state index contributed by atoms with van der Waals surface area (Å²) in [7, 11) is 1.94. The van der Waals surface area contributed by atoms with Crippen LogP contribution in [0, 0.1) is 0 Å². The Hall–Kier alpha value is -1.36. The monoisotopic (exact) mass is 248 g/mol. The topological polar surface area (TPSA) is 56.7 Å². The van der Waals surface area contributed by atoms with Crippen molar-refractivity contribution >= 4 is 16.3 Å². The molecule has 5 heteroatoms. The van der Waals surface area contributed by atoms with E-state index in [1.165, 1.54) is 25.7 Å². The highest BCUT2D eigenvalue weighted by Crippen LogP contribution is 2.34. The Morgan fingerprint density at radius 2 is 2.18 bits per heavy atom. The smallest absolute Gasteiger partial charge is 0.161 e. The van der Waals surface area contributed by atoms with Crippen molar-refractivity contribution in [1.82, 2.24) is 14.8 Å². The third-order valence-corrected chi connectivity index (χ3v) is 4.18. The second-order valence-corrected chi connectivity index (χ2v) is 5.54. The Kier molecular flexibility index (Phi) is 2.63. The van der Waals surface area contributed by atoms with Crippen LogP contribution in [0.3, 0.4) is 0 Å². The van der Waals surface area contributed by atoms with E-state index in [2.05, 4.69) is 10.1 Å². The zero-order valence-electron chi connectivity index (χ0n) is 9.89. The van der Waals surface area contributed by atoms with E-state index in [1.807, 2.05) is 23.2 Å². The maximum absolute atomic E-state index is 5.94. The molecule has 0 amide bonds. The van der Waals surface area contributed by atoms with Crippen molar-refractivity contribution in [1.29, 1.82) is 0 Å². The van der Waals surface area contributed by atoms with Gasteiger partial charge in [0.05, 0.1) is 10.6 Å². The summed E-state index contributed by atoms with van der Waals surface area (Å²) in [6, 6.07) is 2.02. The van der Waals surface area contributed by atoms with E-state index in [9.17, 15) is 0 Å². The summed E-state index contributed by atoms with van der Waals surface area (Å²) < 4.78 is 1.85. The molecular formula is C12H16N4S. The van der Waals surface area contributed by atoms with Crippen LogP contribution >= 0.6 is 11.3 Å². The van der Waals surface area contributed by atoms with Gasteiger partial charge in [-0.15, -0.1) is 11.3 Å². The predicted octanol–water partition coefficient (Wildman–Crippen LogP) is 2.78. The summed E-state index contributed by atoms with van der Waals surface area (Å²) in [6.45, 7) is 0. The van der Waals surface area contributed by atoms with E-state index in [1.54, 1.807) is 11.3 Å². The van der Waals surface area contributed by atoms with Gasteiger partial charge in [-0.05, 0) is 24.3 Å². The highest BCUT2D eigenvalue weighted by molar-refractivity contribution is 7.14. The van der Waals surface area contributed by atoms with Crippen molar-refractivity contribution in [3.8, 4) is 11.4 Å². The Bertz CT molecular complexity index is 522. The fraction of sp³-hybridized carbons (Fsp3) is 0.500. The van der Waals surface area contributed by atoms with Crippen LogP contribution in [0.25, 0.3) is 11.4 Å². The Morgan fingerprint density at radius 1 is 1.41 bits per heavy atom. The molecule has 2 aromatic heterocycles. The van der Waals surface area contributed by atoms with Crippen LogP contribution in [0.2, 0.25) is 0 Å². The van der Waals surface area contributed by atoms with E-state index in [0.717, 1.165) is 22.2 Å². The molecule has 0 saturated heterocycles. The maximum Gasteiger partial charge on any atom is 0.161 e. The van der Waals surface area contributed by atoms with Crippen molar-refractivity contribution < 1.29 is 0 Å². The van der Waals surface area contributed by atoms with E-state index >= 15 is 0 Å². The van der Waals surface area contributed by atoms with E-state index in [0.29, 0.717) is 5.92 Å². The second kappa shape index (κ2) is 4.14. The molecule has 0 aliphatic heterocycles. The lowest BCUT2D eigenvalue weighted by Gasteiger charge is -2.00. The van der Waals surface area contributed by atoms with Crippen molar-refractivity contribution in [3.63, 3.8) is 0 Å². The highest BCUT2D eigenvalue weighted by Gasteiger charge is 2.23. The summed E-state index contributed by atoms with van der Waals surface area (Å²) in [5.41, 5.74) is 6.95. The zero-order chi connectivity index (χ0) is 11.8. The number of anilines is 1. The average Bonchev–Trinajstić information content (AvgIpc) is 2.98. The minimum Gasteiger partial charge on any atom is -0.390 e. The van der Waals surface area contributed by atoms with Crippen molar-refractivity contribution in [2.75, 3.05) is 5.73 Å². The molecule has 1 aliphatic rings. The lowest BCUT2D eigenvalue weighted by atomic mass is 10.1. The molecule has 0 spiro atoms. The van der Waals surface area contributed by atoms with Gasteiger partial charge in [-0.25, -0.2) is 9.67 Å². The Morgan fingerprint density at radius 3 is 2.82 bits per heavy atom. The number of hydrogen-bond donors (Lipinski definition) is 1. The maximum atomic E-state index is 5.94. The molecule has 0 unspecified atom stereocenters. The van der Waals surface area contributed by atoms with Gasteiger partial charge in [0.2, 0.25) is 0 Å². The lowest BCUT2D eigenvalue weighted by molar-refractivity contribution is 0.648. The number of thiophene rings is 1. The highest BCUT2D eigenvalue weighted by atomic mass is 32.1. The van der Waals surface area contributed by atoms with Gasteiger partial charge in [-0.1, -0.05) is 12.8 Å². The summed E-state index contributed by atoms with van der Waals surface area (Å²) in [5.74, 6) is 2.44. The van der Waals surface area contributed by atoms with Gasteiger partial charge in [0.1, 0.15) is 0 Å². The van der Waals surface area contributed by atoms with Crippen molar-refractivity contribution in [3.05, 3.63) is 17.3 Å². The van der Waals surface area contributed by atoms with Crippen LogP contribution in [0.1, 0.15) is 37.4 Å². The first-order valence-corrected chi connectivity index (χ1v) is 6.88. The predicted molar refractivity (Wildman–Crippen MR) is 69.9 cm³/mol. The van der Waals surface area contributed by atoms with Crippen LogP contribution in [0.15, 0.2) is 11.4 Å².